The van der Waals surface area contributed by atoms with E-state index in [1.54, 1.807) is 0 Å². The molecule has 0 rings (SSSR count). The number of phosphoric acid groups is 1. The molecule has 0 aromatic rings. The zero-order valence-corrected chi connectivity index (χ0v) is 31.7. The predicted molar refractivity (Wildman–Crippen MR) is 194 cm³/mol. The molecule has 0 spiro atoms. The van der Waals surface area contributed by atoms with E-state index in [1.807, 2.05) is 6.92 Å². The summed E-state index contributed by atoms with van der Waals surface area (Å²) in [4.78, 5) is 45.0. The van der Waals surface area contributed by atoms with Crippen LogP contribution in [0, 0.1) is 0 Å². The van der Waals surface area contributed by atoms with Gasteiger partial charge in [-0.2, -0.15) is 0 Å². The third kappa shape index (κ3) is 33.1. The highest BCUT2D eigenvalue weighted by molar-refractivity contribution is 7.47. The van der Waals surface area contributed by atoms with Crippen LogP contribution < -0.4 is 5.73 Å². The standard InChI is InChI=1S/C37H70NO10P/c1-3-5-7-8-9-10-11-12-13-14-15-16-17-18-19-20-21-22-23-24-25-26-27-29-36(40)48-33(30-45-35(39)28-6-4-2)31-46-49(43,44)47-32-34(38)37(41)42/h14-15,33-34H,3-13,16-32,38H2,1-2H3,(H,41,42)(H,43,44)/b15-14-. The number of hydrogen-bond donors (Lipinski definition) is 3. The maximum absolute atomic E-state index is 12.4. The molecule has 11 nitrogen and oxygen atoms in total. The van der Waals surface area contributed by atoms with E-state index in [-0.39, 0.29) is 19.4 Å². The van der Waals surface area contributed by atoms with Gasteiger partial charge in [-0.3, -0.25) is 23.4 Å². The van der Waals surface area contributed by atoms with Crippen LogP contribution in [0.4, 0.5) is 0 Å². The average Bonchev–Trinajstić information content (AvgIpc) is 3.07. The normalized spacial score (nSPS) is 14.0. The van der Waals surface area contributed by atoms with Crippen molar-refractivity contribution in [3.05, 3.63) is 12.2 Å². The highest BCUT2D eigenvalue weighted by atomic mass is 31.2. The third-order valence-electron chi connectivity index (χ3n) is 8.26. The van der Waals surface area contributed by atoms with Gasteiger partial charge >= 0.3 is 25.7 Å². The topological polar surface area (TPSA) is 172 Å². The summed E-state index contributed by atoms with van der Waals surface area (Å²) in [5.41, 5.74) is 5.28. The summed E-state index contributed by atoms with van der Waals surface area (Å²) < 4.78 is 32.1. The minimum atomic E-state index is -4.69. The summed E-state index contributed by atoms with van der Waals surface area (Å²) in [6.07, 6.45) is 31.5. The molecule has 0 aliphatic heterocycles. The Morgan fingerprint density at radius 3 is 1.53 bits per heavy atom. The van der Waals surface area contributed by atoms with Crippen molar-refractivity contribution < 1.29 is 47.5 Å². The minimum absolute atomic E-state index is 0.162. The van der Waals surface area contributed by atoms with E-state index in [2.05, 4.69) is 23.6 Å². The fraction of sp³-hybridized carbons (Fsp3) is 0.865. The van der Waals surface area contributed by atoms with Crippen LogP contribution in [-0.4, -0.2) is 59.9 Å². The smallest absolute Gasteiger partial charge is 0.472 e. The lowest BCUT2D eigenvalue weighted by Gasteiger charge is -2.20. The molecule has 4 N–H and O–H groups in total. The lowest BCUT2D eigenvalue weighted by Crippen LogP contribution is -2.34. The van der Waals surface area contributed by atoms with Crippen molar-refractivity contribution in [3.63, 3.8) is 0 Å². The lowest BCUT2D eigenvalue weighted by atomic mass is 10.0. The number of carboxylic acids is 1. The summed E-state index contributed by atoms with van der Waals surface area (Å²) >= 11 is 0. The Morgan fingerprint density at radius 1 is 0.612 bits per heavy atom. The predicted octanol–water partition coefficient (Wildman–Crippen LogP) is 9.34. The summed E-state index contributed by atoms with van der Waals surface area (Å²) in [6.45, 7) is 2.51. The van der Waals surface area contributed by atoms with Crippen LogP contribution in [0.25, 0.3) is 0 Å². The van der Waals surface area contributed by atoms with E-state index in [0.29, 0.717) is 12.8 Å². The zero-order valence-electron chi connectivity index (χ0n) is 30.8. The first-order valence-corrected chi connectivity index (χ1v) is 20.7. The minimum Gasteiger partial charge on any atom is -0.480 e. The Kier molecular flexibility index (Phi) is 32.2. The van der Waals surface area contributed by atoms with Gasteiger partial charge in [0.2, 0.25) is 0 Å². The fourth-order valence-corrected chi connectivity index (χ4v) is 5.93. The van der Waals surface area contributed by atoms with Crippen molar-refractivity contribution >= 4 is 25.7 Å². The number of esters is 2. The number of aliphatic carboxylic acids is 1. The van der Waals surface area contributed by atoms with Crippen molar-refractivity contribution in [2.24, 2.45) is 5.73 Å². The first-order chi connectivity index (χ1) is 23.6. The Balaban J connectivity index is 3.97. The number of unbranched alkanes of at least 4 members (excludes halogenated alkanes) is 20. The molecular formula is C37H70NO10P. The number of phosphoric ester groups is 1. The quantitative estimate of drug-likeness (QED) is 0.0244. The van der Waals surface area contributed by atoms with Crippen LogP contribution in [0.2, 0.25) is 0 Å². The van der Waals surface area contributed by atoms with Gasteiger partial charge in [0.05, 0.1) is 13.2 Å². The van der Waals surface area contributed by atoms with Crippen LogP contribution in [0.3, 0.4) is 0 Å². The van der Waals surface area contributed by atoms with Gasteiger partial charge in [-0.05, 0) is 38.5 Å². The second-order valence-corrected chi connectivity index (χ2v) is 14.5. The molecule has 0 radical (unpaired) electrons. The van der Waals surface area contributed by atoms with Crippen molar-refractivity contribution in [1.29, 1.82) is 0 Å². The SMILES string of the molecule is CCCCCCCCCC/C=C\CCCCCCCCCCCCCC(=O)OC(COC(=O)CCCC)COP(=O)(O)OCC(N)C(=O)O. The summed E-state index contributed by atoms with van der Waals surface area (Å²) in [7, 11) is -4.69. The van der Waals surface area contributed by atoms with Gasteiger partial charge in [0.1, 0.15) is 12.6 Å². The second-order valence-electron chi connectivity index (χ2n) is 13.1. The highest BCUT2D eigenvalue weighted by Crippen LogP contribution is 2.43. The van der Waals surface area contributed by atoms with Crippen LogP contribution in [-0.2, 0) is 37.5 Å². The van der Waals surface area contributed by atoms with E-state index < -0.39 is 51.1 Å². The van der Waals surface area contributed by atoms with Crippen LogP contribution >= 0.6 is 7.82 Å². The molecule has 0 aliphatic rings. The zero-order chi connectivity index (χ0) is 36.4. The van der Waals surface area contributed by atoms with Crippen LogP contribution in [0.5, 0.6) is 0 Å². The monoisotopic (exact) mass is 719 g/mol. The van der Waals surface area contributed by atoms with Gasteiger partial charge in [-0.1, -0.05) is 135 Å². The Bertz CT molecular complexity index is 900. The fourth-order valence-electron chi connectivity index (χ4n) is 5.15. The number of nitrogens with two attached hydrogens (primary N) is 1. The number of carbonyl (C=O) groups is 3. The largest absolute Gasteiger partial charge is 0.480 e. The van der Waals surface area contributed by atoms with Crippen LogP contribution in [0.1, 0.15) is 174 Å². The maximum atomic E-state index is 12.4. The van der Waals surface area contributed by atoms with E-state index >= 15 is 0 Å². The average molecular weight is 720 g/mol. The van der Waals surface area contributed by atoms with Crippen molar-refractivity contribution in [1.82, 2.24) is 0 Å². The van der Waals surface area contributed by atoms with Crippen molar-refractivity contribution in [2.45, 2.75) is 187 Å². The van der Waals surface area contributed by atoms with Gasteiger partial charge in [-0.25, -0.2) is 4.57 Å². The second kappa shape index (κ2) is 33.4. The number of carboxylic acid groups (broad SMARTS) is 1. The van der Waals surface area contributed by atoms with E-state index in [0.717, 1.165) is 25.7 Å². The van der Waals surface area contributed by atoms with Crippen molar-refractivity contribution in [3.8, 4) is 0 Å². The molecule has 3 unspecified atom stereocenters. The first kappa shape index (κ1) is 47.2. The van der Waals surface area contributed by atoms with Gasteiger partial charge in [-0.15, -0.1) is 0 Å². The Morgan fingerprint density at radius 2 is 1.04 bits per heavy atom. The molecule has 0 aromatic carbocycles. The molecule has 0 aromatic heterocycles. The highest BCUT2D eigenvalue weighted by Gasteiger charge is 2.28. The molecule has 0 fully saturated rings. The van der Waals surface area contributed by atoms with E-state index in [4.69, 9.17) is 24.8 Å². The van der Waals surface area contributed by atoms with Gasteiger partial charge in [0, 0.05) is 12.8 Å². The van der Waals surface area contributed by atoms with E-state index in [1.165, 1.54) is 109 Å². The molecule has 0 heterocycles. The number of allylic oxidation sites excluding steroid dienone is 2. The van der Waals surface area contributed by atoms with Crippen molar-refractivity contribution in [2.75, 3.05) is 19.8 Å². The van der Waals surface area contributed by atoms with Gasteiger partial charge in [0.15, 0.2) is 6.10 Å². The molecule has 0 saturated heterocycles. The summed E-state index contributed by atoms with van der Waals surface area (Å²) in [6, 6.07) is -1.51. The molecule has 12 heteroatoms. The molecule has 0 amide bonds. The molecule has 49 heavy (non-hydrogen) atoms. The molecule has 0 saturated carbocycles. The number of hydrogen-bond acceptors (Lipinski definition) is 9. The molecule has 3 atom stereocenters. The number of carbonyl (C=O) groups excluding carboxylic acids is 2. The molecule has 0 bridgehead atoms. The maximum Gasteiger partial charge on any atom is 0.472 e. The van der Waals surface area contributed by atoms with Gasteiger partial charge < -0.3 is 25.2 Å². The van der Waals surface area contributed by atoms with Crippen LogP contribution in [0.15, 0.2) is 12.2 Å². The third-order valence-corrected chi connectivity index (χ3v) is 9.21. The molecule has 288 valence electrons. The number of ether oxygens (including phenoxy) is 2. The first-order valence-electron chi connectivity index (χ1n) is 19.2. The lowest BCUT2D eigenvalue weighted by molar-refractivity contribution is -0.161. The molecule has 0 aliphatic carbocycles. The Hall–Kier alpha value is -1.78. The van der Waals surface area contributed by atoms with Gasteiger partial charge in [0.25, 0.3) is 0 Å². The summed E-state index contributed by atoms with van der Waals surface area (Å²) in [5.74, 6) is -2.42. The van der Waals surface area contributed by atoms with E-state index in [9.17, 15) is 23.8 Å². The Labute approximate surface area is 297 Å². The molecular weight excluding hydrogens is 649 g/mol. The summed E-state index contributed by atoms with van der Waals surface area (Å²) in [5, 5.41) is 8.79. The number of rotatable bonds is 36.